The number of hydrogen-bond donors (Lipinski definition) is 3. The second-order valence-corrected chi connectivity index (χ2v) is 6.08. The molecule has 28 heavy (non-hydrogen) atoms. The minimum Gasteiger partial charge on any atom is -0.325 e. The van der Waals surface area contributed by atoms with Gasteiger partial charge in [0, 0.05) is 23.2 Å². The summed E-state index contributed by atoms with van der Waals surface area (Å²) in [5, 5.41) is 20.6. The van der Waals surface area contributed by atoms with E-state index in [0.29, 0.717) is 34.4 Å². The molecule has 0 bridgehead atoms. The average Bonchev–Trinajstić information content (AvgIpc) is 3.19. The Morgan fingerprint density at radius 2 is 2.21 bits per heavy atom. The number of aromatic amines is 1. The van der Waals surface area contributed by atoms with Crippen molar-refractivity contribution in [1.29, 1.82) is 5.26 Å². The molecule has 4 N–H and O–H groups in total. The molecule has 1 heterocycles. The van der Waals surface area contributed by atoms with Crippen LogP contribution in [0.4, 0.5) is 0 Å². The number of nitrogens with one attached hydrogen (secondary N) is 2. The topological polar surface area (TPSA) is 120 Å². The van der Waals surface area contributed by atoms with Gasteiger partial charge >= 0.3 is 0 Å². The van der Waals surface area contributed by atoms with Gasteiger partial charge in [-0.2, -0.15) is 15.5 Å². The number of benzene rings is 2. The molecule has 0 aliphatic heterocycles. The lowest BCUT2D eigenvalue weighted by Gasteiger charge is -2.12. The van der Waals surface area contributed by atoms with Crippen molar-refractivity contribution < 1.29 is 4.79 Å². The maximum Gasteiger partial charge on any atom is 0.227 e. The van der Waals surface area contributed by atoms with Crippen molar-refractivity contribution in [2.45, 2.75) is 6.92 Å². The van der Waals surface area contributed by atoms with E-state index in [2.05, 4.69) is 26.8 Å². The molecule has 1 aromatic heterocycles. The lowest BCUT2D eigenvalue weighted by Crippen LogP contribution is -2.20. The van der Waals surface area contributed by atoms with E-state index in [1.54, 1.807) is 18.3 Å². The standard InChI is InChI=1S/C20H17BN6O/c1-12-5-6-13(7-15(12)19(9-23)26-25-11-28)17-10-24-27-20(17)14-3-2-4-18(21)16(14)8-22/h2-7,10-11H,9,23H2,1H3,(H,24,27)(H,25,28)/b26-19-. The molecule has 0 aliphatic carbocycles. The first-order valence-corrected chi connectivity index (χ1v) is 8.50. The Morgan fingerprint density at radius 1 is 1.39 bits per heavy atom. The smallest absolute Gasteiger partial charge is 0.227 e. The monoisotopic (exact) mass is 368 g/mol. The number of hydrazone groups is 1. The third kappa shape index (κ3) is 3.56. The predicted molar refractivity (Wildman–Crippen MR) is 109 cm³/mol. The molecule has 0 aliphatic rings. The number of carbonyl (C=O) groups excluding carboxylic acids is 1. The predicted octanol–water partition coefficient (Wildman–Crippen LogP) is 1.13. The van der Waals surface area contributed by atoms with Crippen molar-refractivity contribution in [3.8, 4) is 28.5 Å². The van der Waals surface area contributed by atoms with E-state index >= 15 is 0 Å². The van der Waals surface area contributed by atoms with Gasteiger partial charge in [0.1, 0.15) is 7.85 Å². The summed E-state index contributed by atoms with van der Waals surface area (Å²) in [7, 11) is 5.95. The Balaban J connectivity index is 2.15. The third-order valence-electron chi connectivity index (χ3n) is 4.42. The number of amides is 1. The van der Waals surface area contributed by atoms with Crippen molar-refractivity contribution in [3.05, 3.63) is 59.3 Å². The van der Waals surface area contributed by atoms with Crippen LogP contribution in [0.15, 0.2) is 47.7 Å². The van der Waals surface area contributed by atoms with E-state index in [4.69, 9.17) is 13.6 Å². The van der Waals surface area contributed by atoms with Crippen LogP contribution in [-0.2, 0) is 4.79 Å². The van der Waals surface area contributed by atoms with Gasteiger partial charge in [-0.3, -0.25) is 9.89 Å². The molecule has 0 unspecified atom stereocenters. The van der Waals surface area contributed by atoms with Crippen molar-refractivity contribution in [1.82, 2.24) is 15.6 Å². The Kier molecular flexibility index (Phi) is 5.68. The summed E-state index contributed by atoms with van der Waals surface area (Å²) in [5.74, 6) is 0. The van der Waals surface area contributed by atoms with Gasteiger partial charge in [-0.25, -0.2) is 5.43 Å². The number of hydrogen-bond acceptors (Lipinski definition) is 5. The van der Waals surface area contributed by atoms with Crippen LogP contribution in [0, 0.1) is 18.3 Å². The fourth-order valence-electron chi connectivity index (χ4n) is 3.03. The minimum atomic E-state index is 0.164. The number of aromatic nitrogens is 2. The van der Waals surface area contributed by atoms with Crippen molar-refractivity contribution >= 4 is 25.4 Å². The number of aryl methyl sites for hydroxylation is 1. The minimum absolute atomic E-state index is 0.164. The quantitative estimate of drug-likeness (QED) is 0.261. The van der Waals surface area contributed by atoms with E-state index < -0.39 is 0 Å². The highest BCUT2D eigenvalue weighted by molar-refractivity contribution is 6.34. The van der Waals surface area contributed by atoms with Gasteiger partial charge in [0.15, 0.2) is 0 Å². The zero-order valence-electron chi connectivity index (χ0n) is 15.2. The summed E-state index contributed by atoms with van der Waals surface area (Å²) in [5.41, 5.74) is 14.3. The highest BCUT2D eigenvalue weighted by atomic mass is 16.1. The second kappa shape index (κ2) is 8.33. The van der Waals surface area contributed by atoms with Gasteiger partial charge in [-0.15, -0.1) is 0 Å². The zero-order valence-corrected chi connectivity index (χ0v) is 15.2. The van der Waals surface area contributed by atoms with Crippen LogP contribution < -0.4 is 16.6 Å². The second-order valence-electron chi connectivity index (χ2n) is 6.08. The Labute approximate surface area is 163 Å². The van der Waals surface area contributed by atoms with Crippen LogP contribution in [-0.4, -0.2) is 36.7 Å². The van der Waals surface area contributed by atoms with Crippen molar-refractivity contribution in [3.63, 3.8) is 0 Å². The van der Waals surface area contributed by atoms with Crippen LogP contribution in [0.3, 0.4) is 0 Å². The Bertz CT molecular complexity index is 1100. The molecule has 0 saturated carbocycles. The summed E-state index contributed by atoms with van der Waals surface area (Å²) in [4.78, 5) is 10.6. The molecule has 0 atom stereocenters. The first-order valence-electron chi connectivity index (χ1n) is 8.50. The number of rotatable bonds is 6. The average molecular weight is 368 g/mol. The Morgan fingerprint density at radius 3 is 2.93 bits per heavy atom. The third-order valence-corrected chi connectivity index (χ3v) is 4.42. The summed E-state index contributed by atoms with van der Waals surface area (Å²) < 4.78 is 0. The molecule has 1 amide bonds. The van der Waals surface area contributed by atoms with E-state index in [1.165, 1.54) is 0 Å². The molecule has 3 aromatic rings. The van der Waals surface area contributed by atoms with Gasteiger partial charge in [0.05, 0.1) is 29.2 Å². The first-order chi connectivity index (χ1) is 13.6. The highest BCUT2D eigenvalue weighted by Crippen LogP contribution is 2.32. The van der Waals surface area contributed by atoms with Crippen molar-refractivity contribution in [2.75, 3.05) is 6.54 Å². The molecular weight excluding hydrogens is 351 g/mol. The SMILES string of the molecule is [B]c1cccc(-c2[nH]ncc2-c2ccc(C)c(/C(CN)=N\NC=O)c2)c1C#N. The molecular formula is C20H17BN6O. The molecule has 3 rings (SSSR count). The van der Waals surface area contributed by atoms with Crippen LogP contribution in [0.5, 0.6) is 0 Å². The molecule has 0 saturated heterocycles. The maximum atomic E-state index is 10.6. The van der Waals surface area contributed by atoms with Gasteiger partial charge in [-0.1, -0.05) is 35.8 Å². The zero-order chi connectivity index (χ0) is 20.1. The lowest BCUT2D eigenvalue weighted by molar-refractivity contribution is -0.109. The van der Waals surface area contributed by atoms with E-state index in [0.717, 1.165) is 22.3 Å². The molecule has 7 nitrogen and oxygen atoms in total. The fourth-order valence-corrected chi connectivity index (χ4v) is 3.03. The summed E-state index contributed by atoms with van der Waals surface area (Å²) in [6.07, 6.45) is 2.18. The lowest BCUT2D eigenvalue weighted by atomic mass is 9.86. The van der Waals surface area contributed by atoms with Crippen LogP contribution >= 0.6 is 0 Å². The largest absolute Gasteiger partial charge is 0.325 e. The van der Waals surface area contributed by atoms with Gasteiger partial charge < -0.3 is 5.73 Å². The molecule has 0 spiro atoms. The summed E-state index contributed by atoms with van der Waals surface area (Å²) in [6, 6.07) is 13.3. The molecule has 136 valence electrons. The number of nitriles is 1. The Hall–Kier alpha value is -3.70. The number of nitrogens with two attached hydrogens (primary N) is 1. The van der Waals surface area contributed by atoms with Crippen LogP contribution in [0.25, 0.3) is 22.4 Å². The molecule has 2 aromatic carbocycles. The van der Waals surface area contributed by atoms with E-state index in [1.807, 2.05) is 31.2 Å². The molecule has 0 fully saturated rings. The normalized spacial score (nSPS) is 11.1. The van der Waals surface area contributed by atoms with Crippen molar-refractivity contribution in [2.24, 2.45) is 10.8 Å². The van der Waals surface area contributed by atoms with E-state index in [9.17, 15) is 10.1 Å². The van der Waals surface area contributed by atoms with Crippen LogP contribution in [0.1, 0.15) is 16.7 Å². The number of H-pyrrole nitrogens is 1. The van der Waals surface area contributed by atoms with Gasteiger partial charge in [0.2, 0.25) is 6.41 Å². The highest BCUT2D eigenvalue weighted by Gasteiger charge is 2.16. The summed E-state index contributed by atoms with van der Waals surface area (Å²) >= 11 is 0. The summed E-state index contributed by atoms with van der Waals surface area (Å²) in [6.45, 7) is 2.10. The number of nitrogens with zero attached hydrogens (tertiary/aromatic N) is 3. The van der Waals surface area contributed by atoms with Gasteiger partial charge in [0.25, 0.3) is 0 Å². The van der Waals surface area contributed by atoms with Gasteiger partial charge in [-0.05, 0) is 24.1 Å². The maximum absolute atomic E-state index is 10.6. The van der Waals surface area contributed by atoms with Crippen LogP contribution in [0.2, 0.25) is 0 Å². The molecule has 8 heteroatoms. The fraction of sp³-hybridized carbons (Fsp3) is 0.100. The number of carbonyl (C=O) groups is 1. The van der Waals surface area contributed by atoms with E-state index in [-0.39, 0.29) is 6.54 Å². The first kappa shape index (κ1) is 19.1. The molecule has 2 radical (unpaired) electrons.